The van der Waals surface area contributed by atoms with Gasteiger partial charge in [0.2, 0.25) is 0 Å². The summed E-state index contributed by atoms with van der Waals surface area (Å²) >= 11 is 0. The van der Waals surface area contributed by atoms with E-state index in [-0.39, 0.29) is 48.3 Å². The van der Waals surface area contributed by atoms with Crippen LogP contribution in [0, 0.1) is 69.2 Å². The number of rotatable bonds is 3. The number of carbonyl (C=O) groups is 2. The summed E-state index contributed by atoms with van der Waals surface area (Å²) in [4.78, 5) is 61.9. The van der Waals surface area contributed by atoms with Crippen molar-refractivity contribution in [2.24, 2.45) is 0 Å². The minimum Gasteiger partial charge on any atom is -0.458 e. The third-order valence-electron chi connectivity index (χ3n) is 15.5. The molecule has 0 radical (unpaired) electrons. The molecule has 4 aliphatic heterocycles. The number of pyridine rings is 4. The summed E-state index contributed by atoms with van der Waals surface area (Å²) in [6.07, 6.45) is -1.69. The summed E-state index contributed by atoms with van der Waals surface area (Å²) < 4.78 is 19.0. The maximum Gasteiger partial charge on any atom is 0.343 e. The van der Waals surface area contributed by atoms with Gasteiger partial charge in [-0.3, -0.25) is 18.7 Å². The first-order valence-corrected chi connectivity index (χ1v) is 22.0. The van der Waals surface area contributed by atoms with Crippen molar-refractivity contribution >= 4 is 33.7 Å². The molecule has 8 heterocycles. The van der Waals surface area contributed by atoms with E-state index < -0.39 is 41.2 Å². The van der Waals surface area contributed by atoms with Crippen LogP contribution in [0.3, 0.4) is 0 Å². The molecule has 4 aliphatic rings. The molecule has 0 saturated carbocycles. The lowest BCUT2D eigenvalue weighted by Gasteiger charge is -2.32. The summed E-state index contributed by atoms with van der Waals surface area (Å²) in [5.74, 6) is -1.50. The zero-order valence-electron chi connectivity index (χ0n) is 39.1. The highest BCUT2D eigenvalue weighted by atomic mass is 16.6. The lowest BCUT2D eigenvalue weighted by atomic mass is 9.86. The number of esters is 2. The first-order chi connectivity index (χ1) is 30.6. The van der Waals surface area contributed by atoms with E-state index in [9.17, 15) is 34.5 Å². The van der Waals surface area contributed by atoms with Crippen molar-refractivity contribution in [3.8, 4) is 22.8 Å². The fourth-order valence-corrected chi connectivity index (χ4v) is 10.8. The first-order valence-electron chi connectivity index (χ1n) is 22.0. The molecule has 2 aromatic carbocycles. The molecule has 338 valence electrons. The highest BCUT2D eigenvalue weighted by Crippen LogP contribution is 2.48. The number of nitrogens with zero attached hydrogens (tertiary/aromatic N) is 4. The van der Waals surface area contributed by atoms with Crippen molar-refractivity contribution in [1.82, 2.24) is 19.1 Å². The number of aryl methyl sites for hydroxylation is 6. The van der Waals surface area contributed by atoms with E-state index in [2.05, 4.69) is 48.5 Å². The molecule has 0 bridgehead atoms. The second-order valence-electron chi connectivity index (χ2n) is 18.2. The lowest BCUT2D eigenvalue weighted by Crippen LogP contribution is -2.44. The third kappa shape index (κ3) is 5.60. The van der Waals surface area contributed by atoms with Gasteiger partial charge in [0.1, 0.15) is 13.2 Å². The monoisotopic (exact) mass is 882 g/mol. The van der Waals surface area contributed by atoms with Gasteiger partial charge in [-0.1, -0.05) is 13.8 Å². The van der Waals surface area contributed by atoms with E-state index in [1.54, 1.807) is 37.7 Å². The quantitative estimate of drug-likeness (QED) is 0.156. The van der Waals surface area contributed by atoms with Gasteiger partial charge in [0.15, 0.2) is 23.7 Å². The second kappa shape index (κ2) is 14.7. The molecule has 0 fully saturated rings. The van der Waals surface area contributed by atoms with Crippen LogP contribution in [0.15, 0.2) is 21.7 Å². The molecule has 3 N–H and O–H groups in total. The molecule has 2 unspecified atom stereocenters. The van der Waals surface area contributed by atoms with Gasteiger partial charge in [0.25, 0.3) is 11.1 Å². The van der Waals surface area contributed by atoms with Crippen LogP contribution in [-0.4, -0.2) is 53.5 Å². The van der Waals surface area contributed by atoms with Crippen molar-refractivity contribution in [2.75, 3.05) is 7.11 Å². The number of hydrogen-bond donors (Lipinski definition) is 3. The Hall–Kier alpha value is -6.06. The predicted octanol–water partition coefficient (Wildman–Crippen LogP) is 6.88. The summed E-state index contributed by atoms with van der Waals surface area (Å²) in [5, 5.41) is 35.5. The van der Waals surface area contributed by atoms with Crippen LogP contribution >= 0.6 is 0 Å². The molecule has 65 heavy (non-hydrogen) atoms. The maximum absolute atomic E-state index is 13.7. The van der Waals surface area contributed by atoms with Crippen molar-refractivity contribution in [1.29, 1.82) is 0 Å². The predicted molar refractivity (Wildman–Crippen MR) is 244 cm³/mol. The smallest absolute Gasteiger partial charge is 0.343 e. The Labute approximate surface area is 375 Å². The van der Waals surface area contributed by atoms with Crippen LogP contribution < -0.4 is 11.1 Å². The minimum atomic E-state index is -1.90. The Kier molecular flexibility index (Phi) is 10.0. The van der Waals surface area contributed by atoms with Crippen molar-refractivity contribution in [3.05, 3.63) is 122 Å². The number of carbonyl (C=O) groups excluding carboxylic acids is 2. The minimum absolute atomic E-state index is 0.0675. The highest BCUT2D eigenvalue weighted by molar-refractivity contribution is 5.96. The van der Waals surface area contributed by atoms with Gasteiger partial charge in [-0.15, -0.1) is 0 Å². The normalized spacial score (nSPS) is 21.2. The van der Waals surface area contributed by atoms with E-state index in [0.29, 0.717) is 33.9 Å². The topological polar surface area (TPSA) is 192 Å². The van der Waals surface area contributed by atoms with E-state index in [0.717, 1.165) is 66.3 Å². The third-order valence-corrected chi connectivity index (χ3v) is 15.5. The number of fused-ring (bicyclic) bond motifs is 10. The summed E-state index contributed by atoms with van der Waals surface area (Å²) in [7, 11) is 1.57. The molecule has 0 aliphatic carbocycles. The number of ether oxygens (including phenoxy) is 3. The number of cyclic esters (lactones) is 2. The van der Waals surface area contributed by atoms with Crippen LogP contribution in [0.1, 0.15) is 128 Å². The molecule has 0 spiro atoms. The van der Waals surface area contributed by atoms with E-state index in [1.165, 1.54) is 21.3 Å². The van der Waals surface area contributed by atoms with Crippen LogP contribution in [0.4, 0.5) is 0 Å². The van der Waals surface area contributed by atoms with Crippen molar-refractivity contribution in [3.63, 3.8) is 0 Å². The van der Waals surface area contributed by atoms with Crippen LogP contribution in [0.2, 0.25) is 0 Å². The summed E-state index contributed by atoms with van der Waals surface area (Å²) in [6, 6.07) is 3.34. The van der Waals surface area contributed by atoms with E-state index in [1.807, 2.05) is 20.8 Å². The maximum atomic E-state index is 13.7. The summed E-state index contributed by atoms with van der Waals surface area (Å²) in [6.45, 7) is 23.6. The fraction of sp³-hybridized carbons (Fsp3) is 0.412. The molecule has 0 amide bonds. The van der Waals surface area contributed by atoms with Gasteiger partial charge in [-0.05, 0) is 150 Å². The number of benzene rings is 2. The lowest BCUT2D eigenvalue weighted by molar-refractivity contribution is -0.172. The largest absolute Gasteiger partial charge is 0.458 e. The molecule has 0 saturated heterocycles. The summed E-state index contributed by atoms with van der Waals surface area (Å²) in [5.41, 5.74) is 12.7. The molecule has 14 heteroatoms. The highest BCUT2D eigenvalue weighted by Gasteiger charge is 2.48. The fourth-order valence-electron chi connectivity index (χ4n) is 10.8. The van der Waals surface area contributed by atoms with Crippen molar-refractivity contribution in [2.45, 2.75) is 133 Å². The Morgan fingerprint density at radius 3 is 1.42 bits per heavy atom. The molecular weight excluding hydrogens is 829 g/mol. The SMILES string of the molecule is CC[C@@]1(O)C(=O)OCc2c1cc1n(c2=O)C(O)c2c-1nc1c(C)c(C)c(C)c(C)c1c2C.CC[C@@]1(O)C(=O)OCc2c1cc1n(c2=O)C(OC)c2c-1nc1c(C)c(C)c(C)c(C)c1c2C. The second-order valence-corrected chi connectivity index (χ2v) is 18.2. The first kappa shape index (κ1) is 44.2. The van der Waals surface area contributed by atoms with Crippen LogP contribution in [0.25, 0.3) is 44.6 Å². The number of hydrogen-bond acceptors (Lipinski definition) is 12. The van der Waals surface area contributed by atoms with Gasteiger partial charge in [-0.2, -0.15) is 0 Å². The Morgan fingerprint density at radius 1 is 0.600 bits per heavy atom. The van der Waals surface area contributed by atoms with Crippen LogP contribution in [0.5, 0.6) is 0 Å². The standard InChI is InChI=1S/C26H28N2O5.C25H26N2O5/c1-8-26(31)17-9-18-22-20(24(32-7)28(18)23(29)16(17)10-33-25(26)30)15(6)19-13(4)11(2)12(3)14(5)21(19)27-22;1-7-25(31)16-8-17-21-19(23(29)27(17)22(28)15(16)9-32-24(25)30)14(6)18-12(4)10(2)11(3)13(5)20(18)26-21/h9,24,31H,8,10H2,1-7H3;8,23,29,31H,7,9H2,1-6H3/t24?,26-;23?,25-/m00/s1. The molecule has 10 rings (SSSR count). The van der Waals surface area contributed by atoms with Gasteiger partial charge < -0.3 is 29.5 Å². The van der Waals surface area contributed by atoms with Crippen molar-refractivity contribution < 1.29 is 39.1 Å². The molecule has 6 aromatic rings. The zero-order valence-corrected chi connectivity index (χ0v) is 39.1. The Morgan fingerprint density at radius 2 is 0.985 bits per heavy atom. The number of aliphatic hydroxyl groups is 3. The van der Waals surface area contributed by atoms with Gasteiger partial charge >= 0.3 is 11.9 Å². The van der Waals surface area contributed by atoms with E-state index >= 15 is 0 Å². The molecule has 4 aromatic heterocycles. The molecule has 4 atom stereocenters. The molecule has 14 nitrogen and oxygen atoms in total. The number of aromatic nitrogens is 4. The number of aliphatic hydroxyl groups excluding tert-OH is 1. The zero-order chi connectivity index (χ0) is 47.3. The average molecular weight is 883 g/mol. The van der Waals surface area contributed by atoms with Gasteiger partial charge in [0.05, 0.1) is 44.9 Å². The molecular formula is C51H54N4O10. The Balaban J connectivity index is 0.000000164. The average Bonchev–Trinajstić information content (AvgIpc) is 3.77. The van der Waals surface area contributed by atoms with E-state index in [4.69, 9.17) is 24.2 Å². The number of methoxy groups -OCH3 is 1. The Bertz CT molecular complexity index is 3330. The van der Waals surface area contributed by atoms with Crippen LogP contribution in [-0.2, 0) is 48.2 Å². The van der Waals surface area contributed by atoms with Gasteiger partial charge in [0, 0.05) is 40.1 Å². The van der Waals surface area contributed by atoms with Gasteiger partial charge in [-0.25, -0.2) is 19.6 Å².